The van der Waals surface area contributed by atoms with Crippen LogP contribution in [0.25, 0.3) is 0 Å². The Labute approximate surface area is 118 Å². The predicted octanol–water partition coefficient (Wildman–Crippen LogP) is 0.834. The molecule has 1 aromatic carbocycles. The summed E-state index contributed by atoms with van der Waals surface area (Å²) < 4.78 is 5.67. The molecule has 0 N–H and O–H groups in total. The maximum absolute atomic E-state index is 11.4. The van der Waals surface area contributed by atoms with Gasteiger partial charge in [0, 0.05) is 12.1 Å². The second-order valence-corrected chi connectivity index (χ2v) is 4.02. The van der Waals surface area contributed by atoms with Crippen LogP contribution in [-0.2, 0) is 11.3 Å². The number of carbonyl (C=O) groups excluding carboxylic acids is 2. The number of rotatable bonds is 5. The van der Waals surface area contributed by atoms with Gasteiger partial charge in [-0.05, 0) is 5.56 Å². The first kappa shape index (κ1) is 14.3. The number of aldehydes is 1. The number of nitro benzene ring substituents is 1. The van der Waals surface area contributed by atoms with Gasteiger partial charge in [-0.15, -0.1) is 5.10 Å². The molecule has 0 saturated carbocycles. The minimum Gasteiger partial charge on any atom is -0.464 e. The second kappa shape index (κ2) is 5.90. The van der Waals surface area contributed by atoms with Crippen molar-refractivity contribution in [2.24, 2.45) is 0 Å². The largest absolute Gasteiger partial charge is 0.464 e. The van der Waals surface area contributed by atoms with E-state index in [9.17, 15) is 19.7 Å². The number of nitrogens with zero attached hydrogens (tertiary/aromatic N) is 4. The second-order valence-electron chi connectivity index (χ2n) is 4.02. The third kappa shape index (κ3) is 2.91. The predicted molar refractivity (Wildman–Crippen MR) is 68.9 cm³/mol. The molecule has 2 aromatic rings. The fourth-order valence-corrected chi connectivity index (χ4v) is 1.74. The van der Waals surface area contributed by atoms with E-state index in [0.29, 0.717) is 11.8 Å². The van der Waals surface area contributed by atoms with Gasteiger partial charge in [-0.25, -0.2) is 9.48 Å². The van der Waals surface area contributed by atoms with Crippen molar-refractivity contribution in [2.45, 2.75) is 6.54 Å². The molecule has 0 aliphatic rings. The van der Waals surface area contributed by atoms with E-state index in [1.807, 2.05) is 0 Å². The van der Waals surface area contributed by atoms with E-state index in [0.717, 1.165) is 7.11 Å². The first-order chi connectivity index (χ1) is 10.1. The summed E-state index contributed by atoms with van der Waals surface area (Å²) in [5, 5.41) is 18.0. The number of methoxy groups -OCH3 is 1. The Bertz CT molecular complexity index is 709. The van der Waals surface area contributed by atoms with Crippen molar-refractivity contribution in [2.75, 3.05) is 7.11 Å². The molecule has 108 valence electrons. The third-order valence-corrected chi connectivity index (χ3v) is 2.72. The number of nitro groups is 1. The van der Waals surface area contributed by atoms with Crippen LogP contribution >= 0.6 is 0 Å². The van der Waals surface area contributed by atoms with Crippen LogP contribution in [0.5, 0.6) is 0 Å². The van der Waals surface area contributed by atoms with E-state index in [2.05, 4.69) is 15.0 Å². The van der Waals surface area contributed by atoms with E-state index in [4.69, 9.17) is 0 Å². The van der Waals surface area contributed by atoms with E-state index < -0.39 is 10.9 Å². The molecule has 0 atom stereocenters. The summed E-state index contributed by atoms with van der Waals surface area (Å²) in [4.78, 5) is 32.7. The molecule has 0 fully saturated rings. The van der Waals surface area contributed by atoms with Gasteiger partial charge in [0.15, 0.2) is 6.29 Å². The lowest BCUT2D eigenvalue weighted by molar-refractivity contribution is -0.384. The number of hydrogen-bond acceptors (Lipinski definition) is 7. The Morgan fingerprint density at radius 2 is 2.29 bits per heavy atom. The van der Waals surface area contributed by atoms with Crippen molar-refractivity contribution in [1.29, 1.82) is 0 Å². The number of hydrogen-bond donors (Lipinski definition) is 0. The van der Waals surface area contributed by atoms with Gasteiger partial charge < -0.3 is 4.74 Å². The molecule has 0 radical (unpaired) electrons. The summed E-state index contributed by atoms with van der Waals surface area (Å²) >= 11 is 0. The highest BCUT2D eigenvalue weighted by atomic mass is 16.6. The zero-order chi connectivity index (χ0) is 15.4. The van der Waals surface area contributed by atoms with Gasteiger partial charge in [0.2, 0.25) is 5.69 Å². The van der Waals surface area contributed by atoms with Gasteiger partial charge in [-0.3, -0.25) is 14.9 Å². The molecule has 0 unspecified atom stereocenters. The molecule has 9 heteroatoms. The van der Waals surface area contributed by atoms with Crippen LogP contribution in [-0.4, -0.2) is 39.3 Å². The summed E-state index contributed by atoms with van der Waals surface area (Å²) in [5.74, 6) is -0.776. The fraction of sp³-hybridized carbons (Fsp3) is 0.167. The number of carbonyl (C=O) groups is 2. The smallest absolute Gasteiger partial charge is 0.361 e. The van der Waals surface area contributed by atoms with Crippen molar-refractivity contribution >= 4 is 17.9 Å². The lowest BCUT2D eigenvalue weighted by Gasteiger charge is -2.03. The number of aromatic nitrogens is 3. The van der Waals surface area contributed by atoms with E-state index >= 15 is 0 Å². The average molecular weight is 290 g/mol. The molecule has 21 heavy (non-hydrogen) atoms. The van der Waals surface area contributed by atoms with Crippen molar-refractivity contribution in [3.8, 4) is 0 Å². The highest BCUT2D eigenvalue weighted by Gasteiger charge is 2.20. The summed E-state index contributed by atoms with van der Waals surface area (Å²) in [7, 11) is 1.16. The van der Waals surface area contributed by atoms with Crippen LogP contribution in [0.2, 0.25) is 0 Å². The first-order valence-corrected chi connectivity index (χ1v) is 5.77. The van der Waals surface area contributed by atoms with Crippen LogP contribution < -0.4 is 0 Å². The summed E-state index contributed by atoms with van der Waals surface area (Å²) in [5.41, 5.74) is 0.230. The number of non-ortho nitro benzene ring substituents is 1. The molecule has 0 aliphatic carbocycles. The van der Waals surface area contributed by atoms with Crippen LogP contribution in [0, 0.1) is 10.1 Å². The monoisotopic (exact) mass is 290 g/mol. The maximum atomic E-state index is 11.4. The van der Waals surface area contributed by atoms with Crippen molar-refractivity contribution in [1.82, 2.24) is 15.0 Å². The zero-order valence-corrected chi connectivity index (χ0v) is 10.9. The van der Waals surface area contributed by atoms with Crippen molar-refractivity contribution < 1.29 is 19.2 Å². The van der Waals surface area contributed by atoms with Gasteiger partial charge in [0.25, 0.3) is 5.69 Å². The Kier molecular flexibility index (Phi) is 4.02. The lowest BCUT2D eigenvalue weighted by atomic mass is 10.2. The molecule has 0 amide bonds. The van der Waals surface area contributed by atoms with E-state index in [-0.39, 0.29) is 23.6 Å². The van der Waals surface area contributed by atoms with Crippen LogP contribution in [0.3, 0.4) is 0 Å². The average Bonchev–Trinajstić information content (AvgIpc) is 2.89. The summed E-state index contributed by atoms with van der Waals surface area (Å²) in [6.45, 7) is 0.0692. The fourth-order valence-electron chi connectivity index (χ4n) is 1.74. The molecule has 1 aromatic heterocycles. The van der Waals surface area contributed by atoms with Gasteiger partial charge in [0.1, 0.15) is 5.69 Å². The molecule has 0 bridgehead atoms. The minimum atomic E-state index is -0.776. The molecule has 0 saturated heterocycles. The van der Waals surface area contributed by atoms with Crippen LogP contribution in [0.15, 0.2) is 24.3 Å². The normalized spacial score (nSPS) is 10.1. The minimum absolute atomic E-state index is 0.0478. The van der Waals surface area contributed by atoms with E-state index in [1.165, 1.54) is 22.9 Å². The van der Waals surface area contributed by atoms with Crippen LogP contribution in [0.1, 0.15) is 26.5 Å². The molecule has 2 rings (SSSR count). The highest BCUT2D eigenvalue weighted by Crippen LogP contribution is 2.15. The van der Waals surface area contributed by atoms with Gasteiger partial charge in [-0.2, -0.15) is 0 Å². The summed E-state index contributed by atoms with van der Waals surface area (Å²) in [6.07, 6.45) is 0.434. The van der Waals surface area contributed by atoms with Crippen molar-refractivity contribution in [3.63, 3.8) is 0 Å². The highest BCUT2D eigenvalue weighted by molar-refractivity contribution is 5.95. The Morgan fingerprint density at radius 3 is 2.90 bits per heavy atom. The maximum Gasteiger partial charge on any atom is 0.361 e. The first-order valence-electron chi connectivity index (χ1n) is 5.77. The molecular weight excluding hydrogens is 280 g/mol. The third-order valence-electron chi connectivity index (χ3n) is 2.72. The standard InChI is InChI=1S/C12H10N4O5/c1-21-12(18)11-10(7-17)15(14-13-11)6-8-3-2-4-9(5-8)16(19)20/h2-5,7H,6H2,1H3. The summed E-state index contributed by atoms with van der Waals surface area (Å²) in [6, 6.07) is 5.87. The number of benzene rings is 1. The number of esters is 1. The van der Waals surface area contributed by atoms with Gasteiger partial charge >= 0.3 is 5.97 Å². The topological polar surface area (TPSA) is 117 Å². The SMILES string of the molecule is COC(=O)c1nnn(Cc2cccc([N+](=O)[O-])c2)c1C=O. The Hall–Kier alpha value is -3.10. The Morgan fingerprint density at radius 1 is 1.52 bits per heavy atom. The number of ether oxygens (including phenoxy) is 1. The van der Waals surface area contributed by atoms with E-state index in [1.54, 1.807) is 6.07 Å². The van der Waals surface area contributed by atoms with Crippen molar-refractivity contribution in [3.05, 3.63) is 51.3 Å². The quantitative estimate of drug-likeness (QED) is 0.346. The lowest BCUT2D eigenvalue weighted by Crippen LogP contribution is -2.10. The molecule has 0 aliphatic heterocycles. The van der Waals surface area contributed by atoms with Gasteiger partial charge in [0.05, 0.1) is 18.6 Å². The molecular formula is C12H10N4O5. The molecule has 0 spiro atoms. The zero-order valence-electron chi connectivity index (χ0n) is 10.9. The molecule has 1 heterocycles. The molecule has 9 nitrogen and oxygen atoms in total. The van der Waals surface area contributed by atoms with Gasteiger partial charge in [-0.1, -0.05) is 17.3 Å². The Balaban J connectivity index is 2.34. The van der Waals surface area contributed by atoms with Crippen LogP contribution in [0.4, 0.5) is 5.69 Å².